The lowest BCUT2D eigenvalue weighted by Crippen LogP contribution is -2.24. The molecule has 17 heavy (non-hydrogen) atoms. The molecule has 5 nitrogen and oxygen atoms in total. The summed E-state index contributed by atoms with van der Waals surface area (Å²) in [5.74, 6) is 0.723. The molecule has 2 rings (SSSR count). The first kappa shape index (κ1) is 12.4. The molecular weight excluding hydrogens is 218 g/mol. The van der Waals surface area contributed by atoms with Crippen LogP contribution in [0.1, 0.15) is 31.0 Å². The lowest BCUT2D eigenvalue weighted by Gasteiger charge is -2.21. The third-order valence-electron chi connectivity index (χ3n) is 2.57. The SMILES string of the molecule is CCCNCc1ccnc(C2COCCO2)n1. The molecule has 1 aliphatic rings. The molecule has 1 fully saturated rings. The minimum atomic E-state index is -0.116. The second-order valence-corrected chi connectivity index (χ2v) is 4.02. The van der Waals surface area contributed by atoms with Crippen LogP contribution in [0.25, 0.3) is 0 Å². The number of nitrogens with one attached hydrogen (secondary N) is 1. The van der Waals surface area contributed by atoms with Gasteiger partial charge in [0.25, 0.3) is 0 Å². The Bertz CT molecular complexity index is 340. The average Bonchev–Trinajstić information content (AvgIpc) is 2.41. The molecule has 1 unspecified atom stereocenters. The highest BCUT2D eigenvalue weighted by molar-refractivity contribution is 5.04. The van der Waals surface area contributed by atoms with E-state index in [1.54, 1.807) is 6.20 Å². The van der Waals surface area contributed by atoms with Gasteiger partial charge in [-0.05, 0) is 19.0 Å². The molecule has 0 spiro atoms. The zero-order valence-corrected chi connectivity index (χ0v) is 10.2. The first-order valence-electron chi connectivity index (χ1n) is 6.12. The summed E-state index contributed by atoms with van der Waals surface area (Å²) in [5.41, 5.74) is 0.998. The highest BCUT2D eigenvalue weighted by Gasteiger charge is 2.19. The standard InChI is InChI=1S/C12H19N3O2/c1-2-4-13-8-10-3-5-14-12(15-10)11-9-16-6-7-17-11/h3,5,11,13H,2,4,6-9H2,1H3. The maximum atomic E-state index is 5.57. The largest absolute Gasteiger partial charge is 0.376 e. The first-order valence-corrected chi connectivity index (χ1v) is 6.12. The zero-order valence-electron chi connectivity index (χ0n) is 10.2. The van der Waals surface area contributed by atoms with E-state index in [1.807, 2.05) is 6.07 Å². The molecular formula is C12H19N3O2. The fraction of sp³-hybridized carbons (Fsp3) is 0.667. The molecule has 1 aromatic heterocycles. The van der Waals surface area contributed by atoms with Crippen LogP contribution in [-0.2, 0) is 16.0 Å². The number of hydrogen-bond acceptors (Lipinski definition) is 5. The van der Waals surface area contributed by atoms with E-state index in [0.29, 0.717) is 19.8 Å². The van der Waals surface area contributed by atoms with Crippen LogP contribution in [0.4, 0.5) is 0 Å². The Morgan fingerprint density at radius 2 is 2.41 bits per heavy atom. The minimum Gasteiger partial charge on any atom is -0.376 e. The van der Waals surface area contributed by atoms with Gasteiger partial charge in [0.05, 0.1) is 25.5 Å². The number of rotatable bonds is 5. The summed E-state index contributed by atoms with van der Waals surface area (Å²) < 4.78 is 10.9. The summed E-state index contributed by atoms with van der Waals surface area (Å²) in [6, 6.07) is 1.93. The van der Waals surface area contributed by atoms with Gasteiger partial charge in [-0.3, -0.25) is 0 Å². The molecule has 1 atom stereocenters. The van der Waals surface area contributed by atoms with Crippen LogP contribution in [0.2, 0.25) is 0 Å². The van der Waals surface area contributed by atoms with Crippen molar-refractivity contribution in [2.24, 2.45) is 0 Å². The van der Waals surface area contributed by atoms with Gasteiger partial charge in [0.2, 0.25) is 0 Å². The van der Waals surface area contributed by atoms with E-state index in [0.717, 1.165) is 31.0 Å². The minimum absolute atomic E-state index is 0.116. The molecule has 0 saturated carbocycles. The monoisotopic (exact) mass is 237 g/mol. The second kappa shape index (κ2) is 6.64. The van der Waals surface area contributed by atoms with Gasteiger partial charge in [0.15, 0.2) is 5.82 Å². The van der Waals surface area contributed by atoms with Crippen LogP contribution in [0.3, 0.4) is 0 Å². The quantitative estimate of drug-likeness (QED) is 0.776. The topological polar surface area (TPSA) is 56.3 Å². The van der Waals surface area contributed by atoms with E-state index in [1.165, 1.54) is 0 Å². The van der Waals surface area contributed by atoms with Crippen molar-refractivity contribution in [1.29, 1.82) is 0 Å². The molecule has 1 aromatic rings. The van der Waals surface area contributed by atoms with Crippen molar-refractivity contribution in [3.63, 3.8) is 0 Å². The zero-order chi connectivity index (χ0) is 11.9. The van der Waals surface area contributed by atoms with Crippen LogP contribution >= 0.6 is 0 Å². The molecule has 2 heterocycles. The molecule has 5 heteroatoms. The van der Waals surface area contributed by atoms with Crippen molar-refractivity contribution in [3.05, 3.63) is 23.8 Å². The van der Waals surface area contributed by atoms with E-state index < -0.39 is 0 Å². The Morgan fingerprint density at radius 3 is 3.18 bits per heavy atom. The molecule has 0 radical (unpaired) electrons. The summed E-state index contributed by atoms with van der Waals surface area (Å²) in [5, 5.41) is 3.32. The van der Waals surface area contributed by atoms with Gasteiger partial charge in [-0.25, -0.2) is 9.97 Å². The molecule has 0 amide bonds. The molecule has 1 saturated heterocycles. The Balaban J connectivity index is 1.95. The van der Waals surface area contributed by atoms with Crippen LogP contribution in [0.5, 0.6) is 0 Å². The predicted octanol–water partition coefficient (Wildman–Crippen LogP) is 1.06. The fourth-order valence-electron chi connectivity index (χ4n) is 1.70. The summed E-state index contributed by atoms with van der Waals surface area (Å²) in [7, 11) is 0. The summed E-state index contributed by atoms with van der Waals surface area (Å²) in [4.78, 5) is 8.74. The molecule has 94 valence electrons. The normalized spacial score (nSPS) is 20.4. The number of aromatic nitrogens is 2. The van der Waals surface area contributed by atoms with Crippen molar-refractivity contribution < 1.29 is 9.47 Å². The summed E-state index contributed by atoms with van der Waals surface area (Å²) in [6.07, 6.45) is 2.79. The van der Waals surface area contributed by atoms with Crippen LogP contribution in [0.15, 0.2) is 12.3 Å². The van der Waals surface area contributed by atoms with Crippen molar-refractivity contribution in [3.8, 4) is 0 Å². The van der Waals surface area contributed by atoms with Gasteiger partial charge in [0, 0.05) is 12.7 Å². The molecule has 0 aliphatic carbocycles. The number of hydrogen-bond donors (Lipinski definition) is 1. The number of ether oxygens (including phenoxy) is 2. The molecule has 1 aliphatic heterocycles. The summed E-state index contributed by atoms with van der Waals surface area (Å²) >= 11 is 0. The maximum absolute atomic E-state index is 5.57. The Hall–Kier alpha value is -1.04. The molecule has 0 bridgehead atoms. The van der Waals surface area contributed by atoms with Gasteiger partial charge in [-0.2, -0.15) is 0 Å². The lowest BCUT2D eigenvalue weighted by molar-refractivity contribution is -0.0936. The lowest BCUT2D eigenvalue weighted by atomic mass is 10.3. The highest BCUT2D eigenvalue weighted by Crippen LogP contribution is 2.16. The number of nitrogens with zero attached hydrogens (tertiary/aromatic N) is 2. The van der Waals surface area contributed by atoms with Crippen molar-refractivity contribution in [1.82, 2.24) is 15.3 Å². The third kappa shape index (κ3) is 3.73. The highest BCUT2D eigenvalue weighted by atomic mass is 16.6. The van der Waals surface area contributed by atoms with E-state index >= 15 is 0 Å². The third-order valence-corrected chi connectivity index (χ3v) is 2.57. The first-order chi connectivity index (χ1) is 8.40. The van der Waals surface area contributed by atoms with E-state index in [4.69, 9.17) is 9.47 Å². The fourth-order valence-corrected chi connectivity index (χ4v) is 1.70. The van der Waals surface area contributed by atoms with Crippen molar-refractivity contribution >= 4 is 0 Å². The Labute approximate surface area is 102 Å². The van der Waals surface area contributed by atoms with Crippen molar-refractivity contribution in [2.75, 3.05) is 26.4 Å². The maximum Gasteiger partial charge on any atom is 0.159 e. The molecule has 0 aromatic carbocycles. The predicted molar refractivity (Wildman–Crippen MR) is 63.5 cm³/mol. The van der Waals surface area contributed by atoms with E-state index in [-0.39, 0.29) is 6.10 Å². The van der Waals surface area contributed by atoms with Crippen LogP contribution in [0, 0.1) is 0 Å². The van der Waals surface area contributed by atoms with E-state index in [9.17, 15) is 0 Å². The van der Waals surface area contributed by atoms with Gasteiger partial charge in [-0.1, -0.05) is 6.92 Å². The van der Waals surface area contributed by atoms with Gasteiger partial charge >= 0.3 is 0 Å². The second-order valence-electron chi connectivity index (χ2n) is 4.02. The average molecular weight is 237 g/mol. The van der Waals surface area contributed by atoms with Gasteiger partial charge in [-0.15, -0.1) is 0 Å². The summed E-state index contributed by atoms with van der Waals surface area (Å²) in [6.45, 7) is 5.75. The van der Waals surface area contributed by atoms with Gasteiger partial charge < -0.3 is 14.8 Å². The molecule has 1 N–H and O–H groups in total. The smallest absolute Gasteiger partial charge is 0.159 e. The Kier molecular flexibility index (Phi) is 4.85. The van der Waals surface area contributed by atoms with Gasteiger partial charge in [0.1, 0.15) is 6.10 Å². The Morgan fingerprint density at radius 1 is 1.47 bits per heavy atom. The van der Waals surface area contributed by atoms with Crippen LogP contribution in [-0.4, -0.2) is 36.3 Å². The van der Waals surface area contributed by atoms with Crippen molar-refractivity contribution in [2.45, 2.75) is 26.0 Å². The van der Waals surface area contributed by atoms with Crippen LogP contribution < -0.4 is 5.32 Å². The van der Waals surface area contributed by atoms with E-state index in [2.05, 4.69) is 22.2 Å².